The standard InChI is InChI=1S/C63H86O6/c1-4-7-10-13-16-19-22-25-28-31-34-37-40-43-46-49-52-55-61(64)67-58-60(69-63(66)57-54-51-48-45-42-39-36-33-30-27-24-21-18-15-12-9-6-3)59-68-62(65)56-53-50-47-44-41-38-35-32-29-26-23-20-17-14-11-8-5-2/h7-42,60H,4-6,43-59H2,1-3H3/b10-7-,11-8-,12-9-,16-13-,17-14-,18-15-,22-19-,23-20-,24-21-,28-25-,29-26-,30-27-,34-31+,35-32+,36-33+,40-37-,41-38-,42-39-. The molecule has 0 heterocycles. The predicted octanol–water partition coefficient (Wildman–Crippen LogP) is 17.1. The molecule has 69 heavy (non-hydrogen) atoms. The number of allylic oxidation sites excluding steroid dienone is 36. The average molecular weight is 939 g/mol. The van der Waals surface area contributed by atoms with Crippen molar-refractivity contribution in [2.24, 2.45) is 0 Å². The van der Waals surface area contributed by atoms with Gasteiger partial charge in [-0.15, -0.1) is 0 Å². The molecule has 0 N–H and O–H groups in total. The summed E-state index contributed by atoms with van der Waals surface area (Å²) in [7, 11) is 0. The second kappa shape index (κ2) is 54.3. The maximum Gasteiger partial charge on any atom is 0.306 e. The van der Waals surface area contributed by atoms with Crippen molar-refractivity contribution in [1.29, 1.82) is 0 Å². The second-order valence-electron chi connectivity index (χ2n) is 15.7. The van der Waals surface area contributed by atoms with Crippen LogP contribution in [-0.4, -0.2) is 37.2 Å². The smallest absolute Gasteiger partial charge is 0.306 e. The molecule has 0 aromatic heterocycles. The molecule has 0 saturated heterocycles. The first-order valence-corrected chi connectivity index (χ1v) is 25.5. The molecule has 0 aliphatic rings. The van der Waals surface area contributed by atoms with E-state index in [0.717, 1.165) is 77.0 Å². The molecule has 0 spiro atoms. The molecule has 0 bridgehead atoms. The zero-order valence-electron chi connectivity index (χ0n) is 42.5. The number of rotatable bonds is 41. The molecular weight excluding hydrogens is 853 g/mol. The van der Waals surface area contributed by atoms with Crippen LogP contribution in [0.4, 0.5) is 0 Å². The lowest BCUT2D eigenvalue weighted by Gasteiger charge is -2.18. The summed E-state index contributed by atoms with van der Waals surface area (Å²) < 4.78 is 16.7. The van der Waals surface area contributed by atoms with Gasteiger partial charge >= 0.3 is 17.9 Å². The van der Waals surface area contributed by atoms with Crippen molar-refractivity contribution in [3.8, 4) is 0 Å². The fourth-order valence-corrected chi connectivity index (χ4v) is 5.71. The quantitative estimate of drug-likeness (QED) is 0.0263. The van der Waals surface area contributed by atoms with Gasteiger partial charge in [0.25, 0.3) is 0 Å². The summed E-state index contributed by atoms with van der Waals surface area (Å²) in [5.41, 5.74) is 0. The first-order valence-electron chi connectivity index (χ1n) is 25.5. The molecule has 6 nitrogen and oxygen atoms in total. The van der Waals surface area contributed by atoms with E-state index >= 15 is 0 Å². The highest BCUT2D eigenvalue weighted by Crippen LogP contribution is 2.10. The maximum absolute atomic E-state index is 12.8. The Morgan fingerprint density at radius 1 is 0.290 bits per heavy atom. The van der Waals surface area contributed by atoms with Crippen molar-refractivity contribution in [3.63, 3.8) is 0 Å². The van der Waals surface area contributed by atoms with Gasteiger partial charge in [0, 0.05) is 19.3 Å². The molecule has 0 rings (SSSR count). The van der Waals surface area contributed by atoms with Crippen molar-refractivity contribution in [3.05, 3.63) is 219 Å². The Morgan fingerprint density at radius 3 is 0.783 bits per heavy atom. The van der Waals surface area contributed by atoms with Gasteiger partial charge in [-0.2, -0.15) is 0 Å². The highest BCUT2D eigenvalue weighted by atomic mass is 16.6. The summed E-state index contributed by atoms with van der Waals surface area (Å²) >= 11 is 0. The predicted molar refractivity (Wildman–Crippen MR) is 296 cm³/mol. The molecule has 0 aromatic rings. The van der Waals surface area contributed by atoms with Crippen LogP contribution < -0.4 is 0 Å². The topological polar surface area (TPSA) is 78.9 Å². The van der Waals surface area contributed by atoms with Gasteiger partial charge in [0.1, 0.15) is 13.2 Å². The minimum absolute atomic E-state index is 0.150. The van der Waals surface area contributed by atoms with E-state index in [9.17, 15) is 14.4 Å². The van der Waals surface area contributed by atoms with Crippen LogP contribution in [0.1, 0.15) is 136 Å². The van der Waals surface area contributed by atoms with E-state index in [4.69, 9.17) is 14.2 Å². The Bertz CT molecular complexity index is 1750. The summed E-state index contributed by atoms with van der Waals surface area (Å²) in [5, 5.41) is 0. The number of unbranched alkanes of at least 4 members (excludes halogenated alkanes) is 9. The Hall–Kier alpha value is -6.27. The molecule has 0 aromatic carbocycles. The summed E-state index contributed by atoms with van der Waals surface area (Å²) in [6, 6.07) is 0. The fourth-order valence-electron chi connectivity index (χ4n) is 5.71. The summed E-state index contributed by atoms with van der Waals surface area (Å²) in [6.07, 6.45) is 86.2. The average Bonchev–Trinajstić information content (AvgIpc) is 3.35. The van der Waals surface area contributed by atoms with Crippen LogP contribution in [0, 0.1) is 0 Å². The minimum atomic E-state index is -0.855. The number of hydrogen-bond donors (Lipinski definition) is 0. The van der Waals surface area contributed by atoms with Crippen LogP contribution in [0.5, 0.6) is 0 Å². The van der Waals surface area contributed by atoms with Gasteiger partial charge in [-0.25, -0.2) is 0 Å². The van der Waals surface area contributed by atoms with Crippen LogP contribution in [0.15, 0.2) is 219 Å². The normalized spacial score (nSPS) is 13.6. The van der Waals surface area contributed by atoms with E-state index in [1.807, 2.05) is 182 Å². The molecule has 0 fully saturated rings. The van der Waals surface area contributed by atoms with Gasteiger partial charge in [-0.1, -0.05) is 259 Å². The SMILES string of the molecule is CC\C=C/C=C\C=C/C=C\C=C\C=C/CCCCCC(=O)OCC(COC(=O)CCCCC\C=C/C=C/C=C\C=C/C=C\C=C/CC)OC(=O)CCCCC\C=C/C=C/C=C\C=C/C=C\C=C/CC. The molecule has 0 amide bonds. The first kappa shape index (κ1) is 62.7. The highest BCUT2D eigenvalue weighted by Gasteiger charge is 2.19. The second-order valence-corrected chi connectivity index (χ2v) is 15.7. The lowest BCUT2D eigenvalue weighted by Crippen LogP contribution is -2.30. The molecular formula is C63H86O6. The van der Waals surface area contributed by atoms with Crippen LogP contribution in [0.3, 0.4) is 0 Å². The number of ether oxygens (including phenoxy) is 3. The van der Waals surface area contributed by atoms with E-state index in [0.29, 0.717) is 19.3 Å². The molecule has 0 radical (unpaired) electrons. The largest absolute Gasteiger partial charge is 0.462 e. The monoisotopic (exact) mass is 939 g/mol. The lowest BCUT2D eigenvalue weighted by molar-refractivity contribution is -0.167. The van der Waals surface area contributed by atoms with Gasteiger partial charge in [0.15, 0.2) is 6.10 Å². The zero-order valence-corrected chi connectivity index (χ0v) is 42.5. The van der Waals surface area contributed by atoms with Crippen LogP contribution in [0.2, 0.25) is 0 Å². The Morgan fingerprint density at radius 2 is 0.522 bits per heavy atom. The Balaban J connectivity index is 4.74. The zero-order chi connectivity index (χ0) is 50.0. The summed E-state index contributed by atoms with van der Waals surface area (Å²) in [4.78, 5) is 38.0. The molecule has 0 aliphatic carbocycles. The highest BCUT2D eigenvalue weighted by molar-refractivity contribution is 5.71. The molecule has 374 valence electrons. The van der Waals surface area contributed by atoms with Gasteiger partial charge in [-0.3, -0.25) is 14.4 Å². The molecule has 0 unspecified atom stereocenters. The van der Waals surface area contributed by atoms with Gasteiger partial charge in [0.05, 0.1) is 0 Å². The van der Waals surface area contributed by atoms with Crippen molar-refractivity contribution < 1.29 is 28.6 Å². The third kappa shape index (κ3) is 52.6. The van der Waals surface area contributed by atoms with Crippen molar-refractivity contribution >= 4 is 17.9 Å². The van der Waals surface area contributed by atoms with Crippen molar-refractivity contribution in [2.45, 2.75) is 142 Å². The van der Waals surface area contributed by atoms with E-state index in [1.54, 1.807) is 0 Å². The van der Waals surface area contributed by atoms with Gasteiger partial charge in [-0.05, 0) is 77.0 Å². The third-order valence-electron chi connectivity index (χ3n) is 9.44. The van der Waals surface area contributed by atoms with Crippen molar-refractivity contribution in [1.82, 2.24) is 0 Å². The van der Waals surface area contributed by atoms with Gasteiger partial charge < -0.3 is 14.2 Å². The van der Waals surface area contributed by atoms with Crippen LogP contribution in [0.25, 0.3) is 0 Å². The van der Waals surface area contributed by atoms with Crippen LogP contribution >= 0.6 is 0 Å². The third-order valence-corrected chi connectivity index (χ3v) is 9.44. The van der Waals surface area contributed by atoms with E-state index in [2.05, 4.69) is 57.2 Å². The number of hydrogen-bond acceptors (Lipinski definition) is 6. The Kier molecular flexibility index (Phi) is 49.4. The van der Waals surface area contributed by atoms with Crippen molar-refractivity contribution in [2.75, 3.05) is 13.2 Å². The molecule has 6 heteroatoms. The van der Waals surface area contributed by atoms with E-state index in [-0.39, 0.29) is 44.4 Å². The Labute approximate surface area is 419 Å². The lowest BCUT2D eigenvalue weighted by atomic mass is 10.1. The number of carbonyl (C=O) groups excluding carboxylic acids is 3. The molecule has 0 atom stereocenters. The van der Waals surface area contributed by atoms with E-state index < -0.39 is 12.1 Å². The summed E-state index contributed by atoms with van der Waals surface area (Å²) in [6.45, 7) is 6.04. The molecule has 0 aliphatic heterocycles. The number of esters is 3. The van der Waals surface area contributed by atoms with E-state index in [1.165, 1.54) is 0 Å². The molecule has 0 saturated carbocycles. The number of carbonyl (C=O) groups is 3. The summed E-state index contributed by atoms with van der Waals surface area (Å²) in [5.74, 6) is -1.10. The minimum Gasteiger partial charge on any atom is -0.462 e. The fraction of sp³-hybridized carbons (Fsp3) is 0.381. The van der Waals surface area contributed by atoms with Gasteiger partial charge in [0.2, 0.25) is 0 Å². The van der Waals surface area contributed by atoms with Crippen LogP contribution in [-0.2, 0) is 28.6 Å². The first-order chi connectivity index (χ1) is 34.0. The maximum atomic E-state index is 12.8.